The molecule has 0 bridgehead atoms. The highest BCUT2D eigenvalue weighted by molar-refractivity contribution is 6.31. The summed E-state index contributed by atoms with van der Waals surface area (Å²) >= 11 is 5.92. The van der Waals surface area contributed by atoms with Crippen LogP contribution in [0, 0.1) is 0 Å². The minimum atomic E-state index is -1.47. The molecule has 104 valence electrons. The zero-order valence-corrected chi connectivity index (χ0v) is 11.3. The van der Waals surface area contributed by atoms with Crippen molar-refractivity contribution in [3.8, 4) is 0 Å². The summed E-state index contributed by atoms with van der Waals surface area (Å²) in [6.45, 7) is 1.24. The van der Waals surface area contributed by atoms with Crippen LogP contribution in [0.2, 0.25) is 5.02 Å². The van der Waals surface area contributed by atoms with Crippen molar-refractivity contribution < 1.29 is 19.8 Å². The number of nitrogens with one attached hydrogen (secondary N) is 1. The molecule has 0 saturated heterocycles. The molecule has 0 heterocycles. The second-order valence-corrected chi connectivity index (χ2v) is 5.02. The van der Waals surface area contributed by atoms with Gasteiger partial charge in [-0.3, -0.25) is 9.59 Å². The third kappa shape index (κ3) is 5.72. The van der Waals surface area contributed by atoms with E-state index < -0.39 is 18.0 Å². The Hall–Kier alpha value is -1.59. The predicted octanol–water partition coefficient (Wildman–Crippen LogP) is 1.22. The monoisotopic (exact) mass is 285 g/mol. The lowest BCUT2D eigenvalue weighted by Crippen LogP contribution is -2.42. The molecule has 0 fully saturated rings. The normalized spacial score (nSPS) is 13.6. The minimum Gasteiger partial charge on any atom is -0.481 e. The van der Waals surface area contributed by atoms with E-state index in [1.54, 1.807) is 24.3 Å². The summed E-state index contributed by atoms with van der Waals surface area (Å²) in [6, 6.07) is 6.96. The Balaban J connectivity index is 2.49. The number of rotatable bonds is 6. The molecule has 1 aromatic rings. The summed E-state index contributed by atoms with van der Waals surface area (Å²) in [7, 11) is 0. The maximum absolute atomic E-state index is 11.7. The van der Waals surface area contributed by atoms with Gasteiger partial charge in [-0.05, 0) is 18.6 Å². The molecular weight excluding hydrogens is 270 g/mol. The average Bonchev–Trinajstić information content (AvgIpc) is 2.28. The zero-order valence-electron chi connectivity index (χ0n) is 10.5. The molecule has 0 aromatic heterocycles. The lowest BCUT2D eigenvalue weighted by atomic mass is 10.0. The van der Waals surface area contributed by atoms with Gasteiger partial charge >= 0.3 is 5.97 Å². The Labute approximate surface area is 116 Å². The maximum atomic E-state index is 11.7. The van der Waals surface area contributed by atoms with Crippen LogP contribution >= 0.6 is 11.6 Å². The number of hydrogen-bond acceptors (Lipinski definition) is 3. The molecule has 0 aliphatic carbocycles. The van der Waals surface area contributed by atoms with Crippen molar-refractivity contribution in [3.63, 3.8) is 0 Å². The number of carbonyl (C=O) groups is 2. The van der Waals surface area contributed by atoms with Crippen molar-refractivity contribution in [2.75, 3.05) is 6.54 Å². The van der Waals surface area contributed by atoms with Gasteiger partial charge in [0.1, 0.15) is 0 Å². The molecule has 1 amide bonds. The van der Waals surface area contributed by atoms with Gasteiger partial charge in [0.25, 0.3) is 0 Å². The van der Waals surface area contributed by atoms with E-state index in [1.165, 1.54) is 6.92 Å². The topological polar surface area (TPSA) is 86.6 Å². The van der Waals surface area contributed by atoms with Crippen molar-refractivity contribution in [1.82, 2.24) is 5.32 Å². The number of carbonyl (C=O) groups excluding carboxylic acids is 1. The summed E-state index contributed by atoms with van der Waals surface area (Å²) in [6.07, 6.45) is -0.345. The van der Waals surface area contributed by atoms with E-state index in [0.29, 0.717) is 10.6 Å². The van der Waals surface area contributed by atoms with E-state index in [1.807, 2.05) is 0 Å². The summed E-state index contributed by atoms with van der Waals surface area (Å²) in [5.41, 5.74) is -0.790. The number of amides is 1. The molecular formula is C13H16ClNO4. The molecule has 0 saturated carbocycles. The van der Waals surface area contributed by atoms with Gasteiger partial charge in [0.15, 0.2) is 0 Å². The van der Waals surface area contributed by atoms with Crippen LogP contribution in [-0.4, -0.2) is 34.2 Å². The van der Waals surface area contributed by atoms with Crippen LogP contribution in [-0.2, 0) is 16.0 Å². The fraction of sp³-hybridized carbons (Fsp3) is 0.385. The number of aliphatic hydroxyl groups is 1. The van der Waals surface area contributed by atoms with Gasteiger partial charge in [0.05, 0.1) is 18.4 Å². The number of carboxylic acids is 1. The van der Waals surface area contributed by atoms with Gasteiger partial charge in [-0.25, -0.2) is 0 Å². The van der Waals surface area contributed by atoms with Crippen LogP contribution in [0.4, 0.5) is 0 Å². The van der Waals surface area contributed by atoms with E-state index in [-0.39, 0.29) is 18.9 Å². The van der Waals surface area contributed by atoms with E-state index in [9.17, 15) is 14.7 Å². The first-order valence-electron chi connectivity index (χ1n) is 5.74. The second kappa shape index (κ2) is 6.54. The summed E-state index contributed by atoms with van der Waals surface area (Å²) in [4.78, 5) is 22.2. The molecule has 1 aromatic carbocycles. The van der Waals surface area contributed by atoms with Crippen molar-refractivity contribution in [2.24, 2.45) is 0 Å². The first-order chi connectivity index (χ1) is 8.80. The van der Waals surface area contributed by atoms with Gasteiger partial charge in [-0.15, -0.1) is 0 Å². The Morgan fingerprint density at radius 1 is 1.37 bits per heavy atom. The summed E-state index contributed by atoms with van der Waals surface area (Å²) in [5, 5.41) is 21.3. The fourth-order valence-corrected chi connectivity index (χ4v) is 1.76. The predicted molar refractivity (Wildman–Crippen MR) is 71.0 cm³/mol. The molecule has 1 unspecified atom stereocenters. The highest BCUT2D eigenvalue weighted by Crippen LogP contribution is 2.15. The molecule has 6 heteroatoms. The quantitative estimate of drug-likeness (QED) is 0.733. The highest BCUT2D eigenvalue weighted by atomic mass is 35.5. The number of halogens is 1. The van der Waals surface area contributed by atoms with Crippen molar-refractivity contribution in [2.45, 2.75) is 25.4 Å². The Morgan fingerprint density at radius 3 is 2.58 bits per heavy atom. The molecule has 19 heavy (non-hydrogen) atoms. The minimum absolute atomic E-state index is 0.0861. The Kier molecular flexibility index (Phi) is 5.32. The SMILES string of the molecule is CC(O)(CNC(=O)Cc1ccccc1Cl)CC(=O)O. The number of carboxylic acid groups (broad SMARTS) is 1. The number of hydrogen-bond donors (Lipinski definition) is 3. The van der Waals surface area contributed by atoms with Crippen molar-refractivity contribution in [1.29, 1.82) is 0 Å². The second-order valence-electron chi connectivity index (χ2n) is 4.61. The van der Waals surface area contributed by atoms with Crippen LogP contribution in [0.1, 0.15) is 18.9 Å². The molecule has 0 aliphatic rings. The standard InChI is InChI=1S/C13H16ClNO4/c1-13(19,7-12(17)18)8-15-11(16)6-9-4-2-3-5-10(9)14/h2-5,19H,6-8H2,1H3,(H,15,16)(H,17,18). The molecule has 0 aliphatic heterocycles. The average molecular weight is 286 g/mol. The number of aliphatic carboxylic acids is 1. The lowest BCUT2D eigenvalue weighted by molar-refractivity contribution is -0.142. The van der Waals surface area contributed by atoms with Gasteiger partial charge in [-0.2, -0.15) is 0 Å². The first kappa shape index (κ1) is 15.5. The van der Waals surface area contributed by atoms with E-state index in [2.05, 4.69) is 5.32 Å². The maximum Gasteiger partial charge on any atom is 0.306 e. The van der Waals surface area contributed by atoms with Crippen LogP contribution < -0.4 is 5.32 Å². The van der Waals surface area contributed by atoms with Gasteiger partial charge in [0, 0.05) is 11.6 Å². The molecule has 0 radical (unpaired) electrons. The van der Waals surface area contributed by atoms with E-state index in [4.69, 9.17) is 16.7 Å². The smallest absolute Gasteiger partial charge is 0.306 e. The Morgan fingerprint density at radius 2 is 2.00 bits per heavy atom. The van der Waals surface area contributed by atoms with Crippen molar-refractivity contribution >= 4 is 23.5 Å². The molecule has 0 spiro atoms. The summed E-state index contributed by atoms with van der Waals surface area (Å²) in [5.74, 6) is -1.44. The van der Waals surface area contributed by atoms with Gasteiger partial charge in [-0.1, -0.05) is 29.8 Å². The third-order valence-electron chi connectivity index (χ3n) is 2.51. The summed E-state index contributed by atoms with van der Waals surface area (Å²) < 4.78 is 0. The Bertz CT molecular complexity index is 473. The van der Waals surface area contributed by atoms with E-state index in [0.717, 1.165) is 0 Å². The van der Waals surface area contributed by atoms with Crippen LogP contribution in [0.25, 0.3) is 0 Å². The molecule has 1 atom stereocenters. The van der Waals surface area contributed by atoms with E-state index >= 15 is 0 Å². The highest BCUT2D eigenvalue weighted by Gasteiger charge is 2.24. The van der Waals surface area contributed by atoms with Crippen LogP contribution in [0.3, 0.4) is 0 Å². The lowest BCUT2D eigenvalue weighted by Gasteiger charge is -2.21. The molecule has 1 rings (SSSR count). The largest absolute Gasteiger partial charge is 0.481 e. The third-order valence-corrected chi connectivity index (χ3v) is 2.88. The van der Waals surface area contributed by atoms with Gasteiger partial charge in [0.2, 0.25) is 5.91 Å². The van der Waals surface area contributed by atoms with Crippen molar-refractivity contribution in [3.05, 3.63) is 34.9 Å². The fourth-order valence-electron chi connectivity index (χ4n) is 1.55. The zero-order chi connectivity index (χ0) is 14.5. The number of benzene rings is 1. The first-order valence-corrected chi connectivity index (χ1v) is 6.12. The van der Waals surface area contributed by atoms with Crippen LogP contribution in [0.15, 0.2) is 24.3 Å². The molecule has 5 nitrogen and oxygen atoms in total. The van der Waals surface area contributed by atoms with Crippen LogP contribution in [0.5, 0.6) is 0 Å². The van der Waals surface area contributed by atoms with Gasteiger partial charge < -0.3 is 15.5 Å². The molecule has 3 N–H and O–H groups in total.